The van der Waals surface area contributed by atoms with Crippen molar-refractivity contribution in [2.24, 2.45) is 5.92 Å². The van der Waals surface area contributed by atoms with Gasteiger partial charge in [0.1, 0.15) is 11.5 Å². The van der Waals surface area contributed by atoms with Crippen LogP contribution in [0.2, 0.25) is 0 Å². The Bertz CT molecular complexity index is 1220. The average Bonchev–Trinajstić information content (AvgIpc) is 3.13. The minimum Gasteiger partial charge on any atom is -0.507 e. The second-order valence-electron chi connectivity index (χ2n) is 8.71. The number of aromatic nitrogens is 1. The van der Waals surface area contributed by atoms with Crippen molar-refractivity contribution in [2.45, 2.75) is 33.2 Å². The van der Waals surface area contributed by atoms with E-state index in [1.54, 1.807) is 48.8 Å². The van der Waals surface area contributed by atoms with Crippen LogP contribution in [0.3, 0.4) is 0 Å². The number of hydrogen-bond donors (Lipinski definition) is 1. The second-order valence-corrected chi connectivity index (χ2v) is 8.71. The fourth-order valence-corrected chi connectivity index (χ4v) is 4.00. The maximum atomic E-state index is 13.2. The number of benzene rings is 2. The lowest BCUT2D eigenvalue weighted by Gasteiger charge is -2.25. The highest BCUT2D eigenvalue weighted by molar-refractivity contribution is 6.51. The smallest absolute Gasteiger partial charge is 0.300 e. The van der Waals surface area contributed by atoms with Crippen molar-refractivity contribution >= 4 is 23.1 Å². The fourth-order valence-electron chi connectivity index (χ4n) is 4.00. The van der Waals surface area contributed by atoms with Gasteiger partial charge in [0.15, 0.2) is 0 Å². The first-order chi connectivity index (χ1) is 16.4. The van der Waals surface area contributed by atoms with E-state index in [9.17, 15) is 14.7 Å². The Hall–Kier alpha value is -3.93. The molecule has 2 aromatic carbocycles. The van der Waals surface area contributed by atoms with Crippen molar-refractivity contribution in [1.29, 1.82) is 0 Å². The molecule has 1 unspecified atom stereocenters. The second kappa shape index (κ2) is 9.91. The first-order valence-corrected chi connectivity index (χ1v) is 11.4. The van der Waals surface area contributed by atoms with E-state index in [1.165, 1.54) is 4.90 Å². The fraction of sp³-hybridized carbons (Fsp3) is 0.250. The van der Waals surface area contributed by atoms with Crippen LogP contribution in [0.25, 0.3) is 5.76 Å². The van der Waals surface area contributed by atoms with Gasteiger partial charge in [0, 0.05) is 23.6 Å². The van der Waals surface area contributed by atoms with E-state index < -0.39 is 17.7 Å². The van der Waals surface area contributed by atoms with Crippen molar-refractivity contribution < 1.29 is 19.4 Å². The van der Waals surface area contributed by atoms with Crippen LogP contribution in [0.5, 0.6) is 5.75 Å². The predicted octanol–water partition coefficient (Wildman–Crippen LogP) is 5.31. The van der Waals surface area contributed by atoms with Gasteiger partial charge in [-0.2, -0.15) is 0 Å². The molecule has 1 aliphatic rings. The molecular formula is C28H28N2O4. The van der Waals surface area contributed by atoms with Crippen molar-refractivity contribution in [3.8, 4) is 5.75 Å². The third kappa shape index (κ3) is 4.57. The highest BCUT2D eigenvalue weighted by atomic mass is 16.5. The van der Waals surface area contributed by atoms with Crippen molar-refractivity contribution in [3.63, 3.8) is 0 Å². The molecule has 0 spiro atoms. The molecule has 174 valence electrons. The van der Waals surface area contributed by atoms with Crippen LogP contribution >= 0.6 is 0 Å². The van der Waals surface area contributed by atoms with Gasteiger partial charge >= 0.3 is 0 Å². The largest absolute Gasteiger partial charge is 0.507 e. The minimum absolute atomic E-state index is 0.0265. The summed E-state index contributed by atoms with van der Waals surface area (Å²) in [5.41, 5.74) is 2.78. The number of nitrogens with zero attached hydrogens (tertiary/aromatic N) is 2. The Morgan fingerprint density at radius 2 is 1.85 bits per heavy atom. The molecule has 1 aliphatic heterocycles. The first-order valence-electron chi connectivity index (χ1n) is 11.4. The highest BCUT2D eigenvalue weighted by Crippen LogP contribution is 2.42. The van der Waals surface area contributed by atoms with Crippen molar-refractivity contribution in [1.82, 2.24) is 4.98 Å². The summed E-state index contributed by atoms with van der Waals surface area (Å²) in [4.78, 5) is 32.1. The van der Waals surface area contributed by atoms with Crippen LogP contribution in [0, 0.1) is 5.92 Å². The van der Waals surface area contributed by atoms with Gasteiger partial charge in [0.25, 0.3) is 11.7 Å². The lowest BCUT2D eigenvalue weighted by Crippen LogP contribution is -2.29. The zero-order chi connectivity index (χ0) is 24.2. The van der Waals surface area contributed by atoms with Gasteiger partial charge in [-0.15, -0.1) is 0 Å². The van der Waals surface area contributed by atoms with Crippen LogP contribution < -0.4 is 9.64 Å². The molecule has 34 heavy (non-hydrogen) atoms. The third-order valence-corrected chi connectivity index (χ3v) is 5.76. The lowest BCUT2D eigenvalue weighted by atomic mass is 9.96. The van der Waals surface area contributed by atoms with Crippen LogP contribution in [-0.4, -0.2) is 28.4 Å². The highest BCUT2D eigenvalue weighted by Gasteiger charge is 2.47. The van der Waals surface area contributed by atoms with E-state index in [0.717, 1.165) is 12.0 Å². The molecule has 0 bridgehead atoms. The summed E-state index contributed by atoms with van der Waals surface area (Å²) >= 11 is 0. The molecule has 0 aliphatic carbocycles. The Labute approximate surface area is 199 Å². The predicted molar refractivity (Wildman–Crippen MR) is 132 cm³/mol. The molecule has 1 aromatic heterocycles. The topological polar surface area (TPSA) is 79.7 Å². The van der Waals surface area contributed by atoms with Crippen molar-refractivity contribution in [3.05, 3.63) is 95.3 Å². The number of aryl methyl sites for hydroxylation is 1. The molecule has 0 radical (unpaired) electrons. The van der Waals surface area contributed by atoms with Gasteiger partial charge in [-0.05, 0) is 53.8 Å². The Kier molecular flexibility index (Phi) is 6.77. The number of ether oxygens (including phenoxy) is 1. The summed E-state index contributed by atoms with van der Waals surface area (Å²) in [6.45, 7) is 6.67. The number of Topliss-reactive ketones (excluding diaryl/α,β-unsaturated/α-hetero) is 1. The number of aliphatic hydroxyl groups excluding tert-OH is 1. The molecule has 1 N–H and O–H groups in total. The first kappa shape index (κ1) is 23.2. The van der Waals surface area contributed by atoms with Crippen LogP contribution in [0.1, 0.15) is 43.5 Å². The van der Waals surface area contributed by atoms with Gasteiger partial charge in [0.2, 0.25) is 0 Å². The molecule has 1 fully saturated rings. The van der Waals surface area contributed by atoms with E-state index in [2.05, 4.69) is 11.9 Å². The summed E-state index contributed by atoms with van der Waals surface area (Å²) in [7, 11) is 0. The standard InChI is InChI=1S/C28H28N2O4/c1-4-19-10-12-22(13-11-19)30-25(21-8-6-14-29-16-21)24(27(32)28(30)33)26(31)20-7-5-9-23(15-20)34-17-18(2)3/h5-16,18,25,31H,4,17H2,1-3H3/b26-24-. The summed E-state index contributed by atoms with van der Waals surface area (Å²) in [5.74, 6) is -0.742. The van der Waals surface area contributed by atoms with E-state index in [-0.39, 0.29) is 11.3 Å². The Morgan fingerprint density at radius 3 is 2.50 bits per heavy atom. The monoisotopic (exact) mass is 456 g/mol. The van der Waals surface area contributed by atoms with Gasteiger partial charge in [0.05, 0.1) is 18.2 Å². The summed E-state index contributed by atoms with van der Waals surface area (Å²) in [5, 5.41) is 11.3. The SMILES string of the molecule is CCc1ccc(N2C(=O)C(=O)/C(=C(\O)c3cccc(OCC(C)C)c3)C2c2cccnc2)cc1. The van der Waals surface area contributed by atoms with E-state index in [4.69, 9.17) is 4.74 Å². The number of rotatable bonds is 7. The quantitative estimate of drug-likeness (QED) is 0.296. The molecule has 6 nitrogen and oxygen atoms in total. The van der Waals surface area contributed by atoms with Gasteiger partial charge in [-0.1, -0.05) is 51.1 Å². The third-order valence-electron chi connectivity index (χ3n) is 5.76. The molecule has 6 heteroatoms. The molecule has 1 atom stereocenters. The normalized spacial score (nSPS) is 17.4. The summed E-state index contributed by atoms with van der Waals surface area (Å²) in [6.07, 6.45) is 4.10. The number of pyridine rings is 1. The number of aliphatic hydroxyl groups is 1. The molecule has 1 amide bonds. The number of anilines is 1. The molecule has 1 saturated heterocycles. The van der Waals surface area contributed by atoms with Gasteiger partial charge < -0.3 is 9.84 Å². The zero-order valence-electron chi connectivity index (χ0n) is 19.6. The van der Waals surface area contributed by atoms with Crippen LogP contribution in [-0.2, 0) is 16.0 Å². The molecule has 2 heterocycles. The molecule has 4 rings (SSSR count). The maximum absolute atomic E-state index is 13.2. The van der Waals surface area contributed by atoms with Crippen molar-refractivity contribution in [2.75, 3.05) is 11.5 Å². The Balaban J connectivity index is 1.83. The Morgan fingerprint density at radius 1 is 1.09 bits per heavy atom. The molecule has 3 aromatic rings. The number of hydrogen-bond acceptors (Lipinski definition) is 5. The van der Waals surface area contributed by atoms with Crippen LogP contribution in [0.15, 0.2) is 78.6 Å². The zero-order valence-corrected chi connectivity index (χ0v) is 19.6. The van der Waals surface area contributed by atoms with Gasteiger partial charge in [-0.3, -0.25) is 19.5 Å². The summed E-state index contributed by atoms with van der Waals surface area (Å²) in [6, 6.07) is 17.2. The van der Waals surface area contributed by atoms with Crippen LogP contribution in [0.4, 0.5) is 5.69 Å². The summed E-state index contributed by atoms with van der Waals surface area (Å²) < 4.78 is 5.79. The van der Waals surface area contributed by atoms with Gasteiger partial charge in [-0.25, -0.2) is 0 Å². The van der Waals surface area contributed by atoms with E-state index >= 15 is 0 Å². The number of amides is 1. The van der Waals surface area contributed by atoms with E-state index in [0.29, 0.717) is 35.1 Å². The lowest BCUT2D eigenvalue weighted by molar-refractivity contribution is -0.132. The number of ketones is 1. The molecule has 0 saturated carbocycles. The molecular weight excluding hydrogens is 428 g/mol. The average molecular weight is 457 g/mol. The minimum atomic E-state index is -0.804. The maximum Gasteiger partial charge on any atom is 0.300 e. The number of carbonyl (C=O) groups is 2. The number of carbonyl (C=O) groups excluding carboxylic acids is 2. The van der Waals surface area contributed by atoms with E-state index in [1.807, 2.05) is 38.1 Å².